The summed E-state index contributed by atoms with van der Waals surface area (Å²) in [7, 11) is 0. The number of fused-ring (bicyclic) bond motifs is 1. The van der Waals surface area contributed by atoms with Crippen LogP contribution in [-0.2, 0) is 12.6 Å². The molecular formula is C10H11F3N4. The van der Waals surface area contributed by atoms with Crippen molar-refractivity contribution in [2.75, 3.05) is 6.54 Å². The molecule has 0 aromatic carbocycles. The van der Waals surface area contributed by atoms with Gasteiger partial charge in [0.1, 0.15) is 5.56 Å². The number of nitrogens with zero attached hydrogens (tertiary/aromatic N) is 3. The molecule has 0 spiro atoms. The van der Waals surface area contributed by atoms with Gasteiger partial charge in [0.15, 0.2) is 11.5 Å². The van der Waals surface area contributed by atoms with Gasteiger partial charge in [-0.15, -0.1) is 0 Å². The number of hydrogen-bond donors (Lipinski definition) is 1. The van der Waals surface area contributed by atoms with E-state index in [1.54, 1.807) is 0 Å². The highest BCUT2D eigenvalue weighted by Crippen LogP contribution is 2.31. The summed E-state index contributed by atoms with van der Waals surface area (Å²) in [6.07, 6.45) is -1.84. The monoisotopic (exact) mass is 244 g/mol. The Bertz CT molecular complexity index is 518. The molecule has 2 heterocycles. The van der Waals surface area contributed by atoms with Crippen molar-refractivity contribution < 1.29 is 13.2 Å². The molecule has 0 amide bonds. The normalized spacial score (nSPS) is 12.2. The first-order chi connectivity index (χ1) is 8.02. The molecule has 92 valence electrons. The molecule has 17 heavy (non-hydrogen) atoms. The molecule has 2 aromatic rings. The maximum absolute atomic E-state index is 12.7. The van der Waals surface area contributed by atoms with Crippen molar-refractivity contribution in [3.8, 4) is 0 Å². The maximum atomic E-state index is 12.7. The molecule has 2 rings (SSSR count). The number of halogens is 3. The minimum atomic E-state index is -4.42. The summed E-state index contributed by atoms with van der Waals surface area (Å²) < 4.78 is 39.2. The van der Waals surface area contributed by atoms with Crippen molar-refractivity contribution in [3.63, 3.8) is 0 Å². The summed E-state index contributed by atoms with van der Waals surface area (Å²) in [5.41, 5.74) is 4.40. The third kappa shape index (κ3) is 2.38. The van der Waals surface area contributed by atoms with Crippen LogP contribution in [0.15, 0.2) is 18.3 Å². The summed E-state index contributed by atoms with van der Waals surface area (Å²) in [5, 5.41) is 3.97. The smallest absolute Gasteiger partial charge is 0.330 e. The van der Waals surface area contributed by atoms with Gasteiger partial charge < -0.3 is 5.73 Å². The van der Waals surface area contributed by atoms with Crippen LogP contribution in [-0.4, -0.2) is 21.1 Å². The van der Waals surface area contributed by atoms with Crippen LogP contribution in [0.5, 0.6) is 0 Å². The Morgan fingerprint density at radius 1 is 1.35 bits per heavy atom. The van der Waals surface area contributed by atoms with Crippen LogP contribution in [0, 0.1) is 0 Å². The third-order valence-electron chi connectivity index (χ3n) is 2.32. The fourth-order valence-electron chi connectivity index (χ4n) is 1.54. The summed E-state index contributed by atoms with van der Waals surface area (Å²) >= 11 is 0. The zero-order valence-electron chi connectivity index (χ0n) is 8.91. The van der Waals surface area contributed by atoms with E-state index in [4.69, 9.17) is 5.73 Å². The molecule has 0 aliphatic carbocycles. The van der Waals surface area contributed by atoms with E-state index in [1.807, 2.05) is 0 Å². The predicted octanol–water partition coefficient (Wildman–Crippen LogP) is 1.64. The van der Waals surface area contributed by atoms with Crippen LogP contribution in [0.3, 0.4) is 0 Å². The van der Waals surface area contributed by atoms with Crippen LogP contribution in [0.4, 0.5) is 13.2 Å². The quantitative estimate of drug-likeness (QED) is 0.892. The fourth-order valence-corrected chi connectivity index (χ4v) is 1.54. The number of alkyl halides is 3. The molecule has 0 unspecified atom stereocenters. The van der Waals surface area contributed by atoms with Gasteiger partial charge in [-0.25, -0.2) is 9.50 Å². The Labute approximate surface area is 95.3 Å². The molecule has 0 fully saturated rings. The minimum absolute atomic E-state index is 0.160. The first-order valence-corrected chi connectivity index (χ1v) is 5.14. The average Bonchev–Trinajstić information content (AvgIpc) is 2.66. The van der Waals surface area contributed by atoms with Crippen molar-refractivity contribution in [1.82, 2.24) is 14.6 Å². The van der Waals surface area contributed by atoms with E-state index in [0.29, 0.717) is 25.2 Å². The predicted molar refractivity (Wildman–Crippen MR) is 55.4 cm³/mol. The highest BCUT2D eigenvalue weighted by atomic mass is 19.4. The average molecular weight is 244 g/mol. The molecule has 2 aromatic heterocycles. The van der Waals surface area contributed by atoms with Crippen molar-refractivity contribution in [1.29, 1.82) is 0 Å². The van der Waals surface area contributed by atoms with Gasteiger partial charge in [-0.3, -0.25) is 0 Å². The molecule has 4 nitrogen and oxygen atoms in total. The van der Waals surface area contributed by atoms with Crippen molar-refractivity contribution in [2.24, 2.45) is 5.73 Å². The minimum Gasteiger partial charge on any atom is -0.330 e. The first kappa shape index (κ1) is 11.8. The van der Waals surface area contributed by atoms with E-state index < -0.39 is 11.7 Å². The van der Waals surface area contributed by atoms with Crippen LogP contribution in [0.25, 0.3) is 5.65 Å². The van der Waals surface area contributed by atoms with E-state index in [0.717, 1.165) is 10.6 Å². The topological polar surface area (TPSA) is 56.2 Å². The molecule has 0 bridgehead atoms. The van der Waals surface area contributed by atoms with Gasteiger partial charge >= 0.3 is 6.18 Å². The highest BCUT2D eigenvalue weighted by molar-refractivity contribution is 5.48. The Balaban J connectivity index is 2.46. The van der Waals surface area contributed by atoms with Gasteiger partial charge in [-0.05, 0) is 25.1 Å². The van der Waals surface area contributed by atoms with Gasteiger partial charge in [0.25, 0.3) is 0 Å². The van der Waals surface area contributed by atoms with E-state index in [-0.39, 0.29) is 5.65 Å². The Morgan fingerprint density at radius 2 is 2.12 bits per heavy atom. The lowest BCUT2D eigenvalue weighted by molar-refractivity contribution is -0.136. The highest BCUT2D eigenvalue weighted by Gasteiger charge is 2.34. The van der Waals surface area contributed by atoms with Crippen molar-refractivity contribution in [2.45, 2.75) is 19.0 Å². The van der Waals surface area contributed by atoms with Crippen LogP contribution in [0.1, 0.15) is 17.8 Å². The van der Waals surface area contributed by atoms with E-state index in [2.05, 4.69) is 10.1 Å². The van der Waals surface area contributed by atoms with Gasteiger partial charge in [0.2, 0.25) is 0 Å². The third-order valence-corrected chi connectivity index (χ3v) is 2.32. The van der Waals surface area contributed by atoms with E-state index >= 15 is 0 Å². The number of aryl methyl sites for hydroxylation is 1. The van der Waals surface area contributed by atoms with Crippen LogP contribution >= 0.6 is 0 Å². The number of aromatic nitrogens is 3. The molecule has 7 heteroatoms. The molecule has 0 atom stereocenters. The van der Waals surface area contributed by atoms with E-state index in [9.17, 15) is 13.2 Å². The van der Waals surface area contributed by atoms with E-state index in [1.165, 1.54) is 12.3 Å². The number of rotatable bonds is 3. The Hall–Kier alpha value is -1.63. The van der Waals surface area contributed by atoms with Crippen molar-refractivity contribution in [3.05, 3.63) is 29.7 Å². The van der Waals surface area contributed by atoms with Gasteiger partial charge in [-0.2, -0.15) is 18.3 Å². The molecule has 0 saturated heterocycles. The largest absolute Gasteiger partial charge is 0.420 e. The fraction of sp³-hybridized carbons (Fsp3) is 0.400. The summed E-state index contributed by atoms with van der Waals surface area (Å²) in [6.45, 7) is 0.460. The Morgan fingerprint density at radius 3 is 2.76 bits per heavy atom. The van der Waals surface area contributed by atoms with Crippen molar-refractivity contribution >= 4 is 5.65 Å². The zero-order valence-corrected chi connectivity index (χ0v) is 8.91. The summed E-state index contributed by atoms with van der Waals surface area (Å²) in [6, 6.07) is 2.30. The molecule has 2 N–H and O–H groups in total. The zero-order chi connectivity index (χ0) is 12.5. The number of hydrogen-bond acceptors (Lipinski definition) is 3. The molecule has 0 radical (unpaired) electrons. The first-order valence-electron chi connectivity index (χ1n) is 5.14. The second-order valence-corrected chi connectivity index (χ2v) is 3.61. The lowest BCUT2D eigenvalue weighted by Gasteiger charge is -2.05. The van der Waals surface area contributed by atoms with Gasteiger partial charge in [0, 0.05) is 12.6 Å². The summed E-state index contributed by atoms with van der Waals surface area (Å²) in [4.78, 5) is 3.89. The molecule has 0 aliphatic rings. The number of pyridine rings is 1. The lowest BCUT2D eigenvalue weighted by atomic mass is 10.2. The number of nitrogens with two attached hydrogens (primary N) is 1. The van der Waals surface area contributed by atoms with Gasteiger partial charge in [0.05, 0.1) is 0 Å². The lowest BCUT2D eigenvalue weighted by Crippen LogP contribution is -2.07. The molecule has 0 aliphatic heterocycles. The van der Waals surface area contributed by atoms with Gasteiger partial charge in [-0.1, -0.05) is 0 Å². The molecular weight excluding hydrogens is 233 g/mol. The second kappa shape index (κ2) is 4.33. The summed E-state index contributed by atoms with van der Waals surface area (Å²) in [5.74, 6) is 0.382. The molecule has 0 saturated carbocycles. The second-order valence-electron chi connectivity index (χ2n) is 3.61. The SMILES string of the molecule is NCCCc1nc2c(C(F)(F)F)cccn2n1. The standard InChI is InChI=1S/C10H11F3N4/c11-10(12,13)7-3-2-6-17-9(7)15-8(16-17)4-1-5-14/h2-3,6H,1,4-5,14H2. The van der Waals surface area contributed by atoms with Crippen LogP contribution in [0.2, 0.25) is 0 Å². The van der Waals surface area contributed by atoms with Crippen LogP contribution < -0.4 is 5.73 Å². The Kier molecular flexibility index (Phi) is 3.01. The maximum Gasteiger partial charge on any atom is 0.420 e.